The number of rotatable bonds is 2. The Labute approximate surface area is 164 Å². The van der Waals surface area contributed by atoms with Crippen LogP contribution in [0.3, 0.4) is 0 Å². The predicted octanol–water partition coefficient (Wildman–Crippen LogP) is 1.77. The Morgan fingerprint density at radius 1 is 1.07 bits per heavy atom. The van der Waals surface area contributed by atoms with Crippen LogP contribution >= 0.6 is 12.4 Å². The lowest BCUT2D eigenvalue weighted by atomic mass is 9.99. The number of nitrogens with zero attached hydrogens (tertiary/aromatic N) is 5. The normalized spacial score (nSPS) is 21.9. The number of aromatic amines is 1. The van der Waals surface area contributed by atoms with Gasteiger partial charge in [-0.1, -0.05) is 0 Å². The van der Waals surface area contributed by atoms with Gasteiger partial charge in [-0.3, -0.25) is 9.89 Å². The minimum Gasteiger partial charge on any atom is -0.327 e. The molecule has 0 aliphatic carbocycles. The Hall–Kier alpha value is -1.93. The van der Waals surface area contributed by atoms with Gasteiger partial charge in [-0.15, -0.1) is 22.6 Å². The molecule has 1 saturated heterocycles. The monoisotopic (exact) mass is 391 g/mol. The number of nitrogens with one attached hydrogen (secondary N) is 2. The first kappa shape index (κ1) is 18.4. The van der Waals surface area contributed by atoms with Crippen molar-refractivity contribution in [2.24, 2.45) is 0 Å². The minimum absolute atomic E-state index is 0. The summed E-state index contributed by atoms with van der Waals surface area (Å²) in [5.74, 6) is 2.07. The lowest BCUT2D eigenvalue weighted by molar-refractivity contribution is 0.0586. The molecule has 2 aromatic rings. The molecule has 0 aromatic carbocycles. The van der Waals surface area contributed by atoms with Crippen LogP contribution in [0.25, 0.3) is 0 Å². The van der Waals surface area contributed by atoms with Crippen LogP contribution in [0.5, 0.6) is 0 Å². The van der Waals surface area contributed by atoms with E-state index in [2.05, 4.69) is 30.3 Å². The lowest BCUT2D eigenvalue weighted by Gasteiger charge is -2.35. The molecule has 3 aliphatic heterocycles. The third kappa shape index (κ3) is 3.14. The highest BCUT2D eigenvalue weighted by Crippen LogP contribution is 2.33. The van der Waals surface area contributed by atoms with E-state index in [9.17, 15) is 4.79 Å². The molecule has 0 radical (unpaired) electrons. The van der Waals surface area contributed by atoms with Crippen LogP contribution in [-0.2, 0) is 25.9 Å². The molecule has 2 N–H and O–H groups in total. The summed E-state index contributed by atoms with van der Waals surface area (Å²) in [4.78, 5) is 15.4. The fourth-order valence-electron chi connectivity index (χ4n) is 4.56. The molecule has 146 valence electrons. The molecule has 27 heavy (non-hydrogen) atoms. The highest BCUT2D eigenvalue weighted by atomic mass is 35.5. The van der Waals surface area contributed by atoms with Gasteiger partial charge in [-0.2, -0.15) is 5.10 Å². The van der Waals surface area contributed by atoms with Crippen LogP contribution in [0, 0.1) is 0 Å². The number of H-pyrrole nitrogens is 1. The van der Waals surface area contributed by atoms with Crippen molar-refractivity contribution in [3.8, 4) is 0 Å². The van der Waals surface area contributed by atoms with E-state index in [4.69, 9.17) is 0 Å². The van der Waals surface area contributed by atoms with Crippen LogP contribution in [-0.4, -0.2) is 48.9 Å². The average Bonchev–Trinajstić information content (AvgIpc) is 3.32. The van der Waals surface area contributed by atoms with E-state index in [1.807, 2.05) is 4.90 Å². The van der Waals surface area contributed by atoms with Gasteiger partial charge in [0.15, 0.2) is 11.5 Å². The summed E-state index contributed by atoms with van der Waals surface area (Å²) >= 11 is 0. The van der Waals surface area contributed by atoms with Gasteiger partial charge in [-0.05, 0) is 32.1 Å². The SMILES string of the molecule is Cl.O=C(c1n[nH]c2c1CNCC2)N1CCCCC1c1nnc2n1CCCC2. The van der Waals surface area contributed by atoms with Crippen molar-refractivity contribution in [2.45, 2.75) is 64.1 Å². The number of piperidine rings is 1. The highest BCUT2D eigenvalue weighted by Gasteiger charge is 2.35. The molecule has 5 rings (SSSR count). The molecule has 5 heterocycles. The second-order valence-electron chi connectivity index (χ2n) is 7.55. The van der Waals surface area contributed by atoms with E-state index in [1.54, 1.807) is 0 Å². The Bertz CT molecular complexity index is 830. The zero-order valence-corrected chi connectivity index (χ0v) is 16.2. The molecule has 0 spiro atoms. The maximum atomic E-state index is 13.4. The summed E-state index contributed by atoms with van der Waals surface area (Å²) < 4.78 is 2.25. The third-order valence-corrected chi connectivity index (χ3v) is 5.96. The number of likely N-dealkylation sites (tertiary alicyclic amines) is 1. The maximum Gasteiger partial charge on any atom is 0.275 e. The standard InChI is InChI=1S/C18H25N7O.ClH/c26-18(16-12-11-19-8-7-13(12)20-22-16)24-9-3-1-5-14(24)17-23-21-15-6-2-4-10-25(15)17;/h14,19H,1-11H2,(H,20,22);1H. The van der Waals surface area contributed by atoms with Crippen molar-refractivity contribution in [1.82, 2.24) is 35.2 Å². The number of carbonyl (C=O) groups excluding carboxylic acids is 1. The zero-order chi connectivity index (χ0) is 17.5. The van der Waals surface area contributed by atoms with Crippen LogP contribution in [0.15, 0.2) is 0 Å². The van der Waals surface area contributed by atoms with E-state index >= 15 is 0 Å². The topological polar surface area (TPSA) is 91.7 Å². The number of carbonyl (C=O) groups is 1. The quantitative estimate of drug-likeness (QED) is 0.814. The second-order valence-corrected chi connectivity index (χ2v) is 7.55. The number of hydrogen-bond donors (Lipinski definition) is 2. The van der Waals surface area contributed by atoms with Crippen molar-refractivity contribution in [3.05, 3.63) is 28.6 Å². The largest absolute Gasteiger partial charge is 0.327 e. The van der Waals surface area contributed by atoms with E-state index in [-0.39, 0.29) is 24.4 Å². The molecule has 2 aromatic heterocycles. The molecule has 0 bridgehead atoms. The van der Waals surface area contributed by atoms with E-state index in [0.29, 0.717) is 12.2 Å². The summed E-state index contributed by atoms with van der Waals surface area (Å²) in [5.41, 5.74) is 2.71. The van der Waals surface area contributed by atoms with Gasteiger partial charge >= 0.3 is 0 Å². The molecule has 3 aliphatic rings. The molecule has 8 nitrogen and oxygen atoms in total. The fraction of sp³-hybridized carbons (Fsp3) is 0.667. The maximum absolute atomic E-state index is 13.4. The summed E-state index contributed by atoms with van der Waals surface area (Å²) in [7, 11) is 0. The number of aryl methyl sites for hydroxylation is 1. The predicted molar refractivity (Wildman–Crippen MR) is 102 cm³/mol. The summed E-state index contributed by atoms with van der Waals surface area (Å²) in [6.45, 7) is 3.38. The second kappa shape index (κ2) is 7.59. The van der Waals surface area contributed by atoms with Crippen LogP contribution in [0.1, 0.15) is 71.5 Å². The average molecular weight is 392 g/mol. The van der Waals surface area contributed by atoms with Crippen LogP contribution < -0.4 is 5.32 Å². The minimum atomic E-state index is 0. The zero-order valence-electron chi connectivity index (χ0n) is 15.4. The number of hydrogen-bond acceptors (Lipinski definition) is 5. The van der Waals surface area contributed by atoms with Crippen LogP contribution in [0.2, 0.25) is 0 Å². The first-order chi connectivity index (χ1) is 12.8. The number of fused-ring (bicyclic) bond motifs is 2. The number of aromatic nitrogens is 5. The Balaban J connectivity index is 0.00000180. The first-order valence-corrected chi connectivity index (χ1v) is 9.82. The molecule has 1 unspecified atom stereocenters. The highest BCUT2D eigenvalue weighted by molar-refractivity contribution is 5.94. The van der Waals surface area contributed by atoms with Gasteiger partial charge in [0.2, 0.25) is 0 Å². The van der Waals surface area contributed by atoms with E-state index in [1.165, 1.54) is 6.42 Å². The Kier molecular flexibility index (Phi) is 5.19. The van der Waals surface area contributed by atoms with E-state index in [0.717, 1.165) is 81.1 Å². The van der Waals surface area contributed by atoms with Crippen molar-refractivity contribution in [2.75, 3.05) is 13.1 Å². The Morgan fingerprint density at radius 2 is 1.96 bits per heavy atom. The van der Waals surface area contributed by atoms with Gasteiger partial charge in [-0.25, -0.2) is 0 Å². The fourth-order valence-corrected chi connectivity index (χ4v) is 4.56. The smallest absolute Gasteiger partial charge is 0.275 e. The first-order valence-electron chi connectivity index (χ1n) is 9.82. The lowest BCUT2D eigenvalue weighted by Crippen LogP contribution is -2.40. The van der Waals surface area contributed by atoms with Gasteiger partial charge in [0.1, 0.15) is 5.82 Å². The van der Waals surface area contributed by atoms with Crippen molar-refractivity contribution in [1.29, 1.82) is 0 Å². The van der Waals surface area contributed by atoms with E-state index < -0.39 is 0 Å². The Morgan fingerprint density at radius 3 is 2.89 bits per heavy atom. The van der Waals surface area contributed by atoms with Crippen molar-refractivity contribution in [3.63, 3.8) is 0 Å². The molecule has 0 saturated carbocycles. The molecular formula is C18H26ClN7O. The van der Waals surface area contributed by atoms with Crippen LogP contribution in [0.4, 0.5) is 0 Å². The molecular weight excluding hydrogens is 366 g/mol. The summed E-state index contributed by atoms with van der Waals surface area (Å²) in [5, 5.41) is 19.7. The van der Waals surface area contributed by atoms with Gasteiger partial charge in [0.05, 0.1) is 6.04 Å². The van der Waals surface area contributed by atoms with Gasteiger partial charge in [0, 0.05) is 50.3 Å². The van der Waals surface area contributed by atoms with Crippen molar-refractivity contribution >= 4 is 18.3 Å². The third-order valence-electron chi connectivity index (χ3n) is 5.96. The van der Waals surface area contributed by atoms with Gasteiger partial charge in [0.25, 0.3) is 5.91 Å². The molecule has 1 atom stereocenters. The number of halogens is 1. The molecule has 1 amide bonds. The number of amides is 1. The molecule has 9 heteroatoms. The van der Waals surface area contributed by atoms with Crippen molar-refractivity contribution < 1.29 is 4.79 Å². The van der Waals surface area contributed by atoms with Gasteiger partial charge < -0.3 is 14.8 Å². The summed E-state index contributed by atoms with van der Waals surface area (Å²) in [6, 6.07) is 0.0134. The summed E-state index contributed by atoms with van der Waals surface area (Å²) in [6.07, 6.45) is 7.34. The molecule has 1 fully saturated rings.